The van der Waals surface area contributed by atoms with E-state index < -0.39 is 6.04 Å². The van der Waals surface area contributed by atoms with Gasteiger partial charge < -0.3 is 19.7 Å². The lowest BCUT2D eigenvalue weighted by atomic mass is 10.1. The average molecular weight is 396 g/mol. The molecule has 0 aliphatic heterocycles. The number of carbonyl (C=O) groups excluding carboxylic acids is 2. The van der Waals surface area contributed by atoms with Gasteiger partial charge in [-0.25, -0.2) is 0 Å². The number of hydrogen-bond donors (Lipinski definition) is 1. The zero-order valence-electron chi connectivity index (χ0n) is 17.3. The second kappa shape index (κ2) is 10.9. The van der Waals surface area contributed by atoms with Gasteiger partial charge in [-0.1, -0.05) is 37.3 Å². The molecule has 6 nitrogen and oxygen atoms in total. The molecule has 0 radical (unpaired) electrons. The quantitative estimate of drug-likeness (QED) is 0.651. The van der Waals surface area contributed by atoms with Crippen LogP contribution >= 0.6 is 0 Å². The fourth-order valence-electron chi connectivity index (χ4n) is 2.95. The normalized spacial score (nSPS) is 11.7. The second-order valence-electron chi connectivity index (χ2n) is 6.48. The Labute approximate surface area is 172 Å². The molecule has 2 aromatic rings. The molecule has 0 spiro atoms. The number of ether oxygens (including phenoxy) is 2. The van der Waals surface area contributed by atoms with Crippen molar-refractivity contribution in [2.24, 2.45) is 0 Å². The maximum absolute atomic E-state index is 12.8. The molecule has 1 atom stereocenters. The van der Waals surface area contributed by atoms with Crippen molar-refractivity contribution in [1.82, 2.24) is 4.90 Å². The Morgan fingerprint density at radius 2 is 1.79 bits per heavy atom. The van der Waals surface area contributed by atoms with Crippen molar-refractivity contribution < 1.29 is 19.1 Å². The second-order valence-corrected chi connectivity index (χ2v) is 6.48. The molecule has 0 fully saturated rings. The first-order valence-electron chi connectivity index (χ1n) is 9.57. The van der Waals surface area contributed by atoms with Crippen molar-refractivity contribution in [2.45, 2.75) is 26.3 Å². The molecule has 2 amide bonds. The smallest absolute Gasteiger partial charge is 0.247 e. The predicted molar refractivity (Wildman–Crippen MR) is 115 cm³/mol. The Balaban J connectivity index is 2.16. The molecule has 6 heteroatoms. The standard InChI is InChI=1S/C23H28N2O4/c1-5-16-25(17(2)23(27)24-19-11-7-6-8-12-19)21(26)15-14-18-10-9-13-20(28-3)22(18)29-4/h6-15,17H,5,16H2,1-4H3,(H,24,27). The summed E-state index contributed by atoms with van der Waals surface area (Å²) in [5.74, 6) is 0.664. The van der Waals surface area contributed by atoms with E-state index in [2.05, 4.69) is 5.32 Å². The van der Waals surface area contributed by atoms with E-state index in [1.54, 1.807) is 38.2 Å². The van der Waals surface area contributed by atoms with E-state index in [1.165, 1.54) is 6.08 Å². The summed E-state index contributed by atoms with van der Waals surface area (Å²) >= 11 is 0. The number of nitrogens with one attached hydrogen (secondary N) is 1. The van der Waals surface area contributed by atoms with Gasteiger partial charge in [-0.3, -0.25) is 9.59 Å². The summed E-state index contributed by atoms with van der Waals surface area (Å²) < 4.78 is 10.7. The largest absolute Gasteiger partial charge is 0.493 e. The minimum absolute atomic E-state index is 0.231. The zero-order chi connectivity index (χ0) is 21.2. The molecular formula is C23H28N2O4. The summed E-state index contributed by atoms with van der Waals surface area (Å²) in [5.41, 5.74) is 1.42. The van der Waals surface area contributed by atoms with Gasteiger partial charge in [0, 0.05) is 23.9 Å². The fraction of sp³-hybridized carbons (Fsp3) is 0.304. The molecule has 2 rings (SSSR count). The maximum atomic E-state index is 12.8. The number of amides is 2. The number of carbonyl (C=O) groups is 2. The highest BCUT2D eigenvalue weighted by atomic mass is 16.5. The van der Waals surface area contributed by atoms with Gasteiger partial charge in [0.15, 0.2) is 11.5 Å². The number of benzene rings is 2. The zero-order valence-corrected chi connectivity index (χ0v) is 17.3. The van der Waals surface area contributed by atoms with Gasteiger partial charge >= 0.3 is 0 Å². The van der Waals surface area contributed by atoms with Gasteiger partial charge in [0.2, 0.25) is 11.8 Å². The molecule has 0 heterocycles. The molecule has 0 saturated carbocycles. The summed E-state index contributed by atoms with van der Waals surface area (Å²) in [6.45, 7) is 4.17. The van der Waals surface area contributed by atoms with Crippen LogP contribution in [0.2, 0.25) is 0 Å². The summed E-state index contributed by atoms with van der Waals surface area (Å²) in [4.78, 5) is 27.0. The number of para-hydroxylation sites is 2. The van der Waals surface area contributed by atoms with E-state index in [0.717, 1.165) is 12.0 Å². The minimum atomic E-state index is -0.612. The number of anilines is 1. The molecule has 0 aliphatic rings. The molecule has 1 N–H and O–H groups in total. The van der Waals surface area contributed by atoms with Crippen LogP contribution in [0.15, 0.2) is 54.6 Å². The number of hydrogen-bond acceptors (Lipinski definition) is 4. The lowest BCUT2D eigenvalue weighted by molar-refractivity contribution is -0.134. The molecule has 0 aliphatic carbocycles. The van der Waals surface area contributed by atoms with Crippen LogP contribution in [0.5, 0.6) is 11.5 Å². The Morgan fingerprint density at radius 1 is 1.07 bits per heavy atom. The van der Waals surface area contributed by atoms with Crippen LogP contribution < -0.4 is 14.8 Å². The summed E-state index contributed by atoms with van der Waals surface area (Å²) in [7, 11) is 3.11. The third kappa shape index (κ3) is 5.85. The number of rotatable bonds is 9. The lowest BCUT2D eigenvalue weighted by Gasteiger charge is -2.27. The van der Waals surface area contributed by atoms with Gasteiger partial charge in [-0.15, -0.1) is 0 Å². The highest BCUT2D eigenvalue weighted by Crippen LogP contribution is 2.31. The number of methoxy groups -OCH3 is 2. The van der Waals surface area contributed by atoms with Crippen molar-refractivity contribution >= 4 is 23.6 Å². The minimum Gasteiger partial charge on any atom is -0.493 e. The van der Waals surface area contributed by atoms with Crippen LogP contribution in [0.25, 0.3) is 6.08 Å². The van der Waals surface area contributed by atoms with Crippen LogP contribution in [0.4, 0.5) is 5.69 Å². The van der Waals surface area contributed by atoms with Gasteiger partial charge in [0.05, 0.1) is 14.2 Å². The fourth-order valence-corrected chi connectivity index (χ4v) is 2.95. The van der Waals surface area contributed by atoms with Crippen LogP contribution in [-0.2, 0) is 9.59 Å². The van der Waals surface area contributed by atoms with E-state index in [4.69, 9.17) is 9.47 Å². The Morgan fingerprint density at radius 3 is 2.41 bits per heavy atom. The van der Waals surface area contributed by atoms with Crippen molar-refractivity contribution in [3.05, 3.63) is 60.2 Å². The van der Waals surface area contributed by atoms with Crippen molar-refractivity contribution in [3.63, 3.8) is 0 Å². The maximum Gasteiger partial charge on any atom is 0.247 e. The van der Waals surface area contributed by atoms with E-state index in [1.807, 2.05) is 49.4 Å². The molecule has 154 valence electrons. The van der Waals surface area contributed by atoms with Gasteiger partial charge in [0.1, 0.15) is 6.04 Å². The highest BCUT2D eigenvalue weighted by Gasteiger charge is 2.24. The highest BCUT2D eigenvalue weighted by molar-refractivity contribution is 6.00. The van der Waals surface area contributed by atoms with Crippen LogP contribution in [0.1, 0.15) is 25.8 Å². The average Bonchev–Trinajstić information content (AvgIpc) is 2.75. The lowest BCUT2D eigenvalue weighted by Crippen LogP contribution is -2.45. The first-order valence-corrected chi connectivity index (χ1v) is 9.57. The van der Waals surface area contributed by atoms with Crippen LogP contribution in [0, 0.1) is 0 Å². The first kappa shape index (κ1) is 22.0. The topological polar surface area (TPSA) is 67.9 Å². The third-order valence-corrected chi connectivity index (χ3v) is 4.47. The van der Waals surface area contributed by atoms with Crippen molar-refractivity contribution in [1.29, 1.82) is 0 Å². The molecule has 2 aromatic carbocycles. The van der Waals surface area contributed by atoms with Crippen LogP contribution in [0.3, 0.4) is 0 Å². The van der Waals surface area contributed by atoms with Crippen molar-refractivity contribution in [3.8, 4) is 11.5 Å². The number of nitrogens with zero attached hydrogens (tertiary/aromatic N) is 1. The van der Waals surface area contributed by atoms with Gasteiger partial charge in [-0.2, -0.15) is 0 Å². The van der Waals surface area contributed by atoms with Gasteiger partial charge in [-0.05, 0) is 37.6 Å². The molecular weight excluding hydrogens is 368 g/mol. The Kier molecular flexibility index (Phi) is 8.27. The first-order chi connectivity index (χ1) is 14.0. The monoisotopic (exact) mass is 396 g/mol. The van der Waals surface area contributed by atoms with Crippen molar-refractivity contribution in [2.75, 3.05) is 26.1 Å². The molecule has 1 unspecified atom stereocenters. The van der Waals surface area contributed by atoms with Gasteiger partial charge in [0.25, 0.3) is 0 Å². The van der Waals surface area contributed by atoms with E-state index >= 15 is 0 Å². The van der Waals surface area contributed by atoms with E-state index in [9.17, 15) is 9.59 Å². The molecule has 0 bridgehead atoms. The summed E-state index contributed by atoms with van der Waals surface area (Å²) in [6.07, 6.45) is 3.87. The van der Waals surface area contributed by atoms with Crippen LogP contribution in [-0.4, -0.2) is 43.5 Å². The SMILES string of the molecule is CCCN(C(=O)C=Cc1cccc(OC)c1OC)C(C)C(=O)Nc1ccccc1. The summed E-state index contributed by atoms with van der Waals surface area (Å²) in [5, 5.41) is 2.85. The predicted octanol–water partition coefficient (Wildman–Crippen LogP) is 3.98. The summed E-state index contributed by atoms with van der Waals surface area (Å²) in [6, 6.07) is 14.0. The molecule has 0 saturated heterocycles. The molecule has 0 aromatic heterocycles. The van der Waals surface area contributed by atoms with E-state index in [-0.39, 0.29) is 11.8 Å². The Bertz CT molecular complexity index is 849. The molecule has 29 heavy (non-hydrogen) atoms. The third-order valence-electron chi connectivity index (χ3n) is 4.47. The Hall–Kier alpha value is -3.28. The van der Waals surface area contributed by atoms with E-state index in [0.29, 0.717) is 23.7 Å².